The minimum absolute atomic E-state index is 0.529. The molecule has 0 aliphatic rings. The number of benzene rings is 2. The molecule has 0 atom stereocenters. The summed E-state index contributed by atoms with van der Waals surface area (Å²) in [7, 11) is 0. The molecule has 138 valence electrons. The second kappa shape index (κ2) is 9.92. The predicted octanol–water partition coefficient (Wildman–Crippen LogP) is 4.88. The molecule has 0 amide bonds. The molecule has 26 heavy (non-hydrogen) atoms. The topological polar surface area (TPSA) is 48.1 Å². The number of rotatable bonds is 5. The first-order chi connectivity index (χ1) is 12.4. The lowest BCUT2D eigenvalue weighted by Crippen LogP contribution is -2.38. The quantitative estimate of drug-likeness (QED) is 0.403. The van der Waals surface area contributed by atoms with E-state index in [0.717, 1.165) is 22.5 Å². The first-order valence-corrected chi connectivity index (χ1v) is 9.55. The average molecular weight is 427 g/mol. The first kappa shape index (κ1) is 20.7. The molecule has 0 aliphatic carbocycles. The molecule has 0 aromatic heterocycles. The molecule has 0 unspecified atom stereocenters. The van der Waals surface area contributed by atoms with Gasteiger partial charge in [0.15, 0.2) is 10.2 Å². The summed E-state index contributed by atoms with van der Waals surface area (Å²) in [5, 5.41) is 15.0. The van der Waals surface area contributed by atoms with Gasteiger partial charge in [0, 0.05) is 34.5 Å². The van der Waals surface area contributed by atoms with Crippen molar-refractivity contribution >= 4 is 69.2 Å². The molecule has 0 heterocycles. The second-order valence-electron chi connectivity index (χ2n) is 5.59. The average Bonchev–Trinajstić information content (AvgIpc) is 2.60. The summed E-state index contributed by atoms with van der Waals surface area (Å²) in [6.45, 7) is 5.11. The minimum atomic E-state index is 0.529. The molecule has 4 N–H and O–H groups in total. The van der Waals surface area contributed by atoms with Gasteiger partial charge >= 0.3 is 0 Å². The van der Waals surface area contributed by atoms with Gasteiger partial charge in [-0.1, -0.05) is 35.3 Å². The van der Waals surface area contributed by atoms with Gasteiger partial charge in [-0.2, -0.15) is 0 Å². The highest BCUT2D eigenvalue weighted by atomic mass is 35.5. The molecule has 8 heteroatoms. The summed E-state index contributed by atoms with van der Waals surface area (Å²) in [6.07, 6.45) is 0. The van der Waals surface area contributed by atoms with E-state index in [-0.39, 0.29) is 0 Å². The van der Waals surface area contributed by atoms with Gasteiger partial charge in [0.1, 0.15) is 0 Å². The van der Waals surface area contributed by atoms with E-state index in [0.29, 0.717) is 33.4 Å². The van der Waals surface area contributed by atoms with Crippen molar-refractivity contribution in [3.63, 3.8) is 0 Å². The maximum atomic E-state index is 6.10. The Hall–Kier alpha value is -1.60. The summed E-state index contributed by atoms with van der Waals surface area (Å²) in [5.41, 5.74) is 3.69. The molecule has 4 nitrogen and oxygen atoms in total. The monoisotopic (exact) mass is 426 g/mol. The van der Waals surface area contributed by atoms with Crippen LogP contribution in [0.1, 0.15) is 11.1 Å². The molecule has 0 aliphatic heterocycles. The number of anilines is 2. The van der Waals surface area contributed by atoms with Crippen molar-refractivity contribution in [1.82, 2.24) is 10.6 Å². The fourth-order valence-electron chi connectivity index (χ4n) is 2.17. The first-order valence-electron chi connectivity index (χ1n) is 7.98. The third kappa shape index (κ3) is 5.99. The van der Waals surface area contributed by atoms with E-state index in [2.05, 4.69) is 21.3 Å². The van der Waals surface area contributed by atoms with Crippen LogP contribution in [0.3, 0.4) is 0 Å². The van der Waals surface area contributed by atoms with Crippen molar-refractivity contribution in [1.29, 1.82) is 0 Å². The van der Waals surface area contributed by atoms with Crippen LogP contribution in [0.4, 0.5) is 11.4 Å². The van der Waals surface area contributed by atoms with Gasteiger partial charge in [0.25, 0.3) is 0 Å². The van der Waals surface area contributed by atoms with Crippen LogP contribution in [0, 0.1) is 13.8 Å². The molecular formula is C18H20Cl2N4S2. The van der Waals surface area contributed by atoms with Crippen molar-refractivity contribution < 1.29 is 0 Å². The third-order valence-electron chi connectivity index (χ3n) is 3.73. The molecule has 2 aromatic carbocycles. The van der Waals surface area contributed by atoms with E-state index in [1.807, 2.05) is 50.2 Å². The highest BCUT2D eigenvalue weighted by molar-refractivity contribution is 7.80. The summed E-state index contributed by atoms with van der Waals surface area (Å²) in [5.74, 6) is 0. The Morgan fingerprint density at radius 1 is 0.769 bits per heavy atom. The van der Waals surface area contributed by atoms with Crippen LogP contribution < -0.4 is 21.3 Å². The zero-order chi connectivity index (χ0) is 19.1. The van der Waals surface area contributed by atoms with Crippen LogP contribution in [0.25, 0.3) is 0 Å². The lowest BCUT2D eigenvalue weighted by molar-refractivity contribution is 0.821. The molecule has 0 saturated carbocycles. The van der Waals surface area contributed by atoms with Gasteiger partial charge in [0.2, 0.25) is 0 Å². The maximum Gasteiger partial charge on any atom is 0.170 e. The Morgan fingerprint density at radius 3 is 1.54 bits per heavy atom. The fourth-order valence-corrected chi connectivity index (χ4v) is 2.94. The number of hydrogen-bond acceptors (Lipinski definition) is 2. The van der Waals surface area contributed by atoms with Crippen LogP contribution in [0.5, 0.6) is 0 Å². The third-order valence-corrected chi connectivity index (χ3v) is 5.04. The lowest BCUT2D eigenvalue weighted by atomic mass is 10.2. The van der Waals surface area contributed by atoms with Crippen molar-refractivity contribution in [3.8, 4) is 0 Å². The number of thiocarbonyl (C=S) groups is 2. The number of nitrogens with one attached hydrogen (secondary N) is 4. The van der Waals surface area contributed by atoms with Crippen LogP contribution in [-0.4, -0.2) is 23.3 Å². The molecule has 2 rings (SSSR count). The smallest absolute Gasteiger partial charge is 0.170 e. The largest absolute Gasteiger partial charge is 0.361 e. The lowest BCUT2D eigenvalue weighted by Gasteiger charge is -2.15. The fraction of sp³-hybridized carbons (Fsp3) is 0.222. The number of halogens is 2. The summed E-state index contributed by atoms with van der Waals surface area (Å²) in [4.78, 5) is 0. The molecule has 0 saturated heterocycles. The van der Waals surface area contributed by atoms with Crippen molar-refractivity contribution in [2.24, 2.45) is 0 Å². The standard InChI is InChI=1S/C18H20Cl2N4S2/c1-11-13(19)5-3-7-15(11)23-17(25)21-9-10-22-18(26)24-16-8-4-6-14(20)12(16)2/h3-8H,9-10H2,1-2H3,(H2,21,23,25)(H2,22,24,26). The highest BCUT2D eigenvalue weighted by Crippen LogP contribution is 2.23. The van der Waals surface area contributed by atoms with Crippen LogP contribution in [-0.2, 0) is 0 Å². The zero-order valence-electron chi connectivity index (χ0n) is 14.5. The Kier molecular flexibility index (Phi) is 7.90. The maximum absolute atomic E-state index is 6.10. The van der Waals surface area contributed by atoms with Crippen LogP contribution in [0.15, 0.2) is 36.4 Å². The van der Waals surface area contributed by atoms with E-state index in [4.69, 9.17) is 47.6 Å². The predicted molar refractivity (Wildman–Crippen MR) is 121 cm³/mol. The summed E-state index contributed by atoms with van der Waals surface area (Å²) < 4.78 is 0. The molecule has 0 bridgehead atoms. The molecule has 2 aromatic rings. The van der Waals surface area contributed by atoms with E-state index in [1.54, 1.807) is 0 Å². The molecular weight excluding hydrogens is 407 g/mol. The Labute approximate surface area is 174 Å². The molecule has 0 fully saturated rings. The summed E-state index contributed by atoms with van der Waals surface area (Å²) >= 11 is 22.8. The van der Waals surface area contributed by atoms with Crippen LogP contribution in [0.2, 0.25) is 10.0 Å². The zero-order valence-corrected chi connectivity index (χ0v) is 17.6. The Balaban J connectivity index is 1.72. The van der Waals surface area contributed by atoms with Gasteiger partial charge in [0.05, 0.1) is 0 Å². The normalized spacial score (nSPS) is 10.2. The Bertz CT molecular complexity index is 744. The van der Waals surface area contributed by atoms with E-state index >= 15 is 0 Å². The molecule has 0 radical (unpaired) electrons. The van der Waals surface area contributed by atoms with Gasteiger partial charge in [-0.3, -0.25) is 0 Å². The van der Waals surface area contributed by atoms with Gasteiger partial charge in [-0.25, -0.2) is 0 Å². The van der Waals surface area contributed by atoms with Crippen molar-refractivity contribution in [3.05, 3.63) is 57.6 Å². The van der Waals surface area contributed by atoms with E-state index < -0.39 is 0 Å². The van der Waals surface area contributed by atoms with Gasteiger partial charge in [-0.15, -0.1) is 0 Å². The highest BCUT2D eigenvalue weighted by Gasteiger charge is 2.05. The number of hydrogen-bond donors (Lipinski definition) is 4. The van der Waals surface area contributed by atoms with Gasteiger partial charge < -0.3 is 21.3 Å². The Morgan fingerprint density at radius 2 is 1.15 bits per heavy atom. The SMILES string of the molecule is Cc1c(Cl)cccc1NC(=S)NCCNC(=S)Nc1cccc(Cl)c1C. The summed E-state index contributed by atoms with van der Waals surface area (Å²) in [6, 6.07) is 11.3. The second-order valence-corrected chi connectivity index (χ2v) is 7.22. The van der Waals surface area contributed by atoms with E-state index in [9.17, 15) is 0 Å². The van der Waals surface area contributed by atoms with E-state index in [1.165, 1.54) is 0 Å². The van der Waals surface area contributed by atoms with Gasteiger partial charge in [-0.05, 0) is 73.7 Å². The van der Waals surface area contributed by atoms with Crippen molar-refractivity contribution in [2.75, 3.05) is 23.7 Å². The molecule has 0 spiro atoms. The minimum Gasteiger partial charge on any atom is -0.361 e. The van der Waals surface area contributed by atoms with Crippen LogP contribution >= 0.6 is 47.6 Å². The van der Waals surface area contributed by atoms with Crippen molar-refractivity contribution in [2.45, 2.75) is 13.8 Å².